The number of carboxylic acid groups (broad SMARTS) is 1. The average Bonchev–Trinajstić information content (AvgIpc) is 2.81. The van der Waals surface area contributed by atoms with Crippen LogP contribution in [0.1, 0.15) is 30.1 Å². The summed E-state index contributed by atoms with van der Waals surface area (Å²) in [5.41, 5.74) is 1.58. The molecule has 2 aromatic rings. The van der Waals surface area contributed by atoms with Gasteiger partial charge < -0.3 is 14.8 Å². The van der Waals surface area contributed by atoms with Crippen molar-refractivity contribution >= 4 is 17.0 Å². The molecule has 2 N–H and O–H groups in total. The summed E-state index contributed by atoms with van der Waals surface area (Å²) in [6.45, 7) is 3.00. The lowest BCUT2D eigenvalue weighted by molar-refractivity contribution is 0.0699. The average molecular weight is 262 g/mol. The maximum absolute atomic E-state index is 11.1. The number of aromatic nitrogens is 2. The van der Waals surface area contributed by atoms with Crippen molar-refractivity contribution in [2.24, 2.45) is 5.92 Å². The summed E-state index contributed by atoms with van der Waals surface area (Å²) < 4.78 is 1.96. The Hall–Kier alpha value is -1.88. The number of hydrogen-bond donors (Lipinski definition) is 2. The standard InChI is InChI=1S/C14H18N2O3/c1-2-10(6-7-17)8-16-9-15-13-11(14(18)19)4-3-5-12(13)16/h3-5,9-10,17H,2,6-8H2,1H3,(H,18,19). The third-order valence-electron chi connectivity index (χ3n) is 3.45. The van der Waals surface area contributed by atoms with Gasteiger partial charge in [0, 0.05) is 13.2 Å². The maximum atomic E-state index is 11.1. The molecule has 0 amide bonds. The highest BCUT2D eigenvalue weighted by molar-refractivity contribution is 6.00. The zero-order valence-electron chi connectivity index (χ0n) is 10.9. The molecule has 1 atom stereocenters. The zero-order chi connectivity index (χ0) is 13.8. The van der Waals surface area contributed by atoms with Crippen molar-refractivity contribution in [3.05, 3.63) is 30.1 Å². The molecule has 19 heavy (non-hydrogen) atoms. The Kier molecular flexibility index (Phi) is 4.16. The van der Waals surface area contributed by atoms with Crippen LogP contribution in [0, 0.1) is 5.92 Å². The Balaban J connectivity index is 2.35. The molecule has 0 saturated carbocycles. The summed E-state index contributed by atoms with van der Waals surface area (Å²) in [6, 6.07) is 5.17. The molecule has 5 nitrogen and oxygen atoms in total. The number of carboxylic acids is 1. The minimum absolute atomic E-state index is 0.172. The minimum Gasteiger partial charge on any atom is -0.478 e. The lowest BCUT2D eigenvalue weighted by atomic mass is 10.0. The SMILES string of the molecule is CCC(CCO)Cn1cnc2c(C(=O)O)cccc21. The van der Waals surface area contributed by atoms with Gasteiger partial charge in [-0.2, -0.15) is 0 Å². The molecule has 0 bridgehead atoms. The number of imidazole rings is 1. The molecule has 2 rings (SSSR count). The van der Waals surface area contributed by atoms with E-state index in [1.54, 1.807) is 18.5 Å². The molecule has 102 valence electrons. The first-order valence-corrected chi connectivity index (χ1v) is 6.45. The van der Waals surface area contributed by atoms with E-state index in [2.05, 4.69) is 11.9 Å². The van der Waals surface area contributed by atoms with Crippen molar-refractivity contribution in [2.75, 3.05) is 6.61 Å². The van der Waals surface area contributed by atoms with Crippen LogP contribution in [-0.2, 0) is 6.54 Å². The number of aliphatic hydroxyl groups is 1. The monoisotopic (exact) mass is 262 g/mol. The van der Waals surface area contributed by atoms with Gasteiger partial charge in [-0.3, -0.25) is 0 Å². The van der Waals surface area contributed by atoms with Gasteiger partial charge in [-0.25, -0.2) is 9.78 Å². The third kappa shape index (κ3) is 2.76. The Morgan fingerprint density at radius 1 is 1.47 bits per heavy atom. The van der Waals surface area contributed by atoms with E-state index in [0.717, 1.165) is 24.9 Å². The number of aliphatic hydroxyl groups excluding tert-OH is 1. The predicted octanol–water partition coefficient (Wildman–Crippen LogP) is 2.14. The van der Waals surface area contributed by atoms with E-state index in [4.69, 9.17) is 10.2 Å². The summed E-state index contributed by atoms with van der Waals surface area (Å²) in [7, 11) is 0. The molecule has 0 saturated heterocycles. The van der Waals surface area contributed by atoms with Gasteiger partial charge in [0.25, 0.3) is 0 Å². The number of nitrogens with zero attached hydrogens (tertiary/aromatic N) is 2. The summed E-state index contributed by atoms with van der Waals surface area (Å²) in [4.78, 5) is 15.3. The molecule has 1 aromatic carbocycles. The van der Waals surface area contributed by atoms with Gasteiger partial charge in [-0.05, 0) is 24.5 Å². The van der Waals surface area contributed by atoms with Crippen LogP contribution in [0.15, 0.2) is 24.5 Å². The van der Waals surface area contributed by atoms with Gasteiger partial charge in [0.15, 0.2) is 0 Å². The van der Waals surface area contributed by atoms with Gasteiger partial charge in [0.05, 0.1) is 17.4 Å². The molecule has 0 aliphatic heterocycles. The van der Waals surface area contributed by atoms with E-state index in [1.807, 2.05) is 10.6 Å². The minimum atomic E-state index is -0.960. The highest BCUT2D eigenvalue weighted by atomic mass is 16.4. The van der Waals surface area contributed by atoms with Gasteiger partial charge in [-0.15, -0.1) is 0 Å². The predicted molar refractivity (Wildman–Crippen MR) is 72.2 cm³/mol. The fourth-order valence-electron chi connectivity index (χ4n) is 2.29. The number of carbonyl (C=O) groups is 1. The highest BCUT2D eigenvalue weighted by Gasteiger charge is 2.14. The van der Waals surface area contributed by atoms with Crippen molar-refractivity contribution in [2.45, 2.75) is 26.3 Å². The largest absolute Gasteiger partial charge is 0.478 e. The molecule has 0 aliphatic rings. The van der Waals surface area contributed by atoms with E-state index in [0.29, 0.717) is 11.4 Å². The topological polar surface area (TPSA) is 75.3 Å². The molecule has 0 spiro atoms. The number of fused-ring (bicyclic) bond motifs is 1. The molecule has 5 heteroatoms. The second kappa shape index (κ2) is 5.84. The second-order valence-electron chi connectivity index (χ2n) is 4.66. The third-order valence-corrected chi connectivity index (χ3v) is 3.45. The first-order valence-electron chi connectivity index (χ1n) is 6.45. The van der Waals surface area contributed by atoms with Crippen LogP contribution in [0.4, 0.5) is 0 Å². The fraction of sp³-hybridized carbons (Fsp3) is 0.429. The molecule has 0 radical (unpaired) electrons. The Morgan fingerprint density at radius 2 is 2.26 bits per heavy atom. The molecular formula is C14H18N2O3. The van der Waals surface area contributed by atoms with Crippen molar-refractivity contribution < 1.29 is 15.0 Å². The van der Waals surface area contributed by atoms with Crippen molar-refractivity contribution in [1.29, 1.82) is 0 Å². The Labute approximate surface area is 111 Å². The second-order valence-corrected chi connectivity index (χ2v) is 4.66. The lowest BCUT2D eigenvalue weighted by Crippen LogP contribution is -2.11. The van der Waals surface area contributed by atoms with Crippen LogP contribution in [0.2, 0.25) is 0 Å². The van der Waals surface area contributed by atoms with E-state index in [9.17, 15) is 4.79 Å². The smallest absolute Gasteiger partial charge is 0.337 e. The summed E-state index contributed by atoms with van der Waals surface area (Å²) in [5.74, 6) is -0.589. The summed E-state index contributed by atoms with van der Waals surface area (Å²) >= 11 is 0. The quantitative estimate of drug-likeness (QED) is 0.836. The van der Waals surface area contributed by atoms with Crippen LogP contribution in [0.25, 0.3) is 11.0 Å². The fourth-order valence-corrected chi connectivity index (χ4v) is 2.29. The van der Waals surface area contributed by atoms with Gasteiger partial charge in [0.2, 0.25) is 0 Å². The van der Waals surface area contributed by atoms with E-state index >= 15 is 0 Å². The Morgan fingerprint density at radius 3 is 2.89 bits per heavy atom. The zero-order valence-corrected chi connectivity index (χ0v) is 10.9. The molecular weight excluding hydrogens is 244 g/mol. The van der Waals surface area contributed by atoms with Crippen molar-refractivity contribution in [3.63, 3.8) is 0 Å². The van der Waals surface area contributed by atoms with Gasteiger partial charge >= 0.3 is 5.97 Å². The maximum Gasteiger partial charge on any atom is 0.337 e. The number of hydrogen-bond acceptors (Lipinski definition) is 3. The van der Waals surface area contributed by atoms with Crippen molar-refractivity contribution in [3.8, 4) is 0 Å². The first kappa shape index (κ1) is 13.5. The van der Waals surface area contributed by atoms with Crippen LogP contribution < -0.4 is 0 Å². The number of para-hydroxylation sites is 1. The molecule has 0 aliphatic carbocycles. The van der Waals surface area contributed by atoms with E-state index < -0.39 is 5.97 Å². The van der Waals surface area contributed by atoms with Gasteiger partial charge in [0.1, 0.15) is 5.52 Å². The van der Waals surface area contributed by atoms with Gasteiger partial charge in [-0.1, -0.05) is 19.4 Å². The molecule has 0 fully saturated rings. The van der Waals surface area contributed by atoms with Crippen molar-refractivity contribution in [1.82, 2.24) is 9.55 Å². The molecule has 1 unspecified atom stereocenters. The normalized spacial score (nSPS) is 12.7. The lowest BCUT2D eigenvalue weighted by Gasteiger charge is -2.14. The number of rotatable bonds is 6. The summed E-state index contributed by atoms with van der Waals surface area (Å²) in [5, 5.41) is 18.1. The van der Waals surface area contributed by atoms with E-state index in [1.165, 1.54) is 0 Å². The molecule has 1 heterocycles. The Bertz CT molecular complexity index is 577. The number of aromatic carboxylic acids is 1. The van der Waals surface area contributed by atoms with Crippen LogP contribution in [-0.4, -0.2) is 32.3 Å². The number of benzene rings is 1. The van der Waals surface area contributed by atoms with Crippen LogP contribution >= 0.6 is 0 Å². The first-order chi connectivity index (χ1) is 9.17. The van der Waals surface area contributed by atoms with E-state index in [-0.39, 0.29) is 12.2 Å². The summed E-state index contributed by atoms with van der Waals surface area (Å²) in [6.07, 6.45) is 3.39. The van der Waals surface area contributed by atoms with Crippen LogP contribution in [0.5, 0.6) is 0 Å². The molecule has 1 aromatic heterocycles. The van der Waals surface area contributed by atoms with Crippen LogP contribution in [0.3, 0.4) is 0 Å². The highest BCUT2D eigenvalue weighted by Crippen LogP contribution is 2.20.